The standard InChI is InChI=1S/C60H107N2O6P/c1-6-8-10-12-14-16-18-20-22-24-26-28-30-32-33-35-37-39-41-43-45-47-49-51-53-59(63)58(57-68-69(65,66)67-56-55-62(3,4)5)61-60(64)54-52-50-48-46-44-42-40-38-36-34-31-29-27-25-23-21-19-17-15-13-11-9-7-2/h9,11,15,17,21,23,27,29,34,36,40,42,46,48,51,53,58-59,63H,6-8,10,12-14,16,18-20,22,24-26,28,30-33,35,37-39,41,43-45,47,49-50,52,54-57H2,1-5H3,(H-,61,64,65,66)/p+1/b11-9-,17-15-,23-21-,29-27-,36-34-,42-40-,48-46-,53-51+. The summed E-state index contributed by atoms with van der Waals surface area (Å²) in [5, 5.41) is 13.9. The Morgan fingerprint density at radius 1 is 0.507 bits per heavy atom. The van der Waals surface area contributed by atoms with E-state index >= 15 is 0 Å². The Bertz CT molecular complexity index is 1440. The first-order valence-electron chi connectivity index (χ1n) is 28.1. The van der Waals surface area contributed by atoms with Gasteiger partial charge < -0.3 is 19.8 Å². The van der Waals surface area contributed by atoms with Crippen LogP contribution in [0.15, 0.2) is 97.2 Å². The summed E-state index contributed by atoms with van der Waals surface area (Å²) in [4.78, 5) is 23.3. The Morgan fingerprint density at radius 2 is 0.870 bits per heavy atom. The number of aliphatic hydroxyl groups is 1. The smallest absolute Gasteiger partial charge is 0.387 e. The first-order chi connectivity index (χ1) is 33.5. The fourth-order valence-electron chi connectivity index (χ4n) is 7.68. The van der Waals surface area contributed by atoms with Gasteiger partial charge in [-0.3, -0.25) is 13.8 Å². The normalized spacial score (nSPS) is 14.7. The maximum Gasteiger partial charge on any atom is 0.472 e. The molecule has 3 N–H and O–H groups in total. The Hall–Kier alpha value is -2.58. The number of quaternary nitrogens is 1. The molecule has 69 heavy (non-hydrogen) atoms. The van der Waals surface area contributed by atoms with Crippen molar-refractivity contribution < 1.29 is 32.9 Å². The van der Waals surface area contributed by atoms with Crippen LogP contribution in [-0.2, 0) is 18.4 Å². The second-order valence-electron chi connectivity index (χ2n) is 19.9. The van der Waals surface area contributed by atoms with Crippen molar-refractivity contribution in [1.29, 1.82) is 0 Å². The van der Waals surface area contributed by atoms with Crippen molar-refractivity contribution in [3.63, 3.8) is 0 Å². The first kappa shape index (κ1) is 66.4. The molecule has 0 saturated carbocycles. The van der Waals surface area contributed by atoms with Crippen molar-refractivity contribution in [1.82, 2.24) is 5.32 Å². The van der Waals surface area contributed by atoms with Crippen LogP contribution >= 0.6 is 7.82 Å². The number of phosphoric acid groups is 1. The molecule has 0 aliphatic rings. The number of phosphoric ester groups is 1. The minimum atomic E-state index is -4.37. The molecule has 0 fully saturated rings. The van der Waals surface area contributed by atoms with Gasteiger partial charge in [-0.25, -0.2) is 4.57 Å². The van der Waals surface area contributed by atoms with E-state index in [0.717, 1.165) is 70.6 Å². The summed E-state index contributed by atoms with van der Waals surface area (Å²) in [7, 11) is 1.52. The summed E-state index contributed by atoms with van der Waals surface area (Å²) in [5.74, 6) is -0.236. The van der Waals surface area contributed by atoms with E-state index in [1.165, 1.54) is 128 Å². The summed E-state index contributed by atoms with van der Waals surface area (Å²) in [6, 6.07) is -0.885. The van der Waals surface area contributed by atoms with Gasteiger partial charge in [0.15, 0.2) is 0 Å². The van der Waals surface area contributed by atoms with Crippen molar-refractivity contribution in [3.8, 4) is 0 Å². The van der Waals surface area contributed by atoms with Crippen molar-refractivity contribution in [2.24, 2.45) is 0 Å². The third-order valence-corrected chi connectivity index (χ3v) is 13.0. The van der Waals surface area contributed by atoms with Crippen molar-refractivity contribution in [3.05, 3.63) is 97.2 Å². The van der Waals surface area contributed by atoms with Gasteiger partial charge in [0.1, 0.15) is 13.2 Å². The van der Waals surface area contributed by atoms with Crippen LogP contribution in [-0.4, -0.2) is 73.4 Å². The second-order valence-corrected chi connectivity index (χ2v) is 21.4. The van der Waals surface area contributed by atoms with E-state index in [1.54, 1.807) is 6.08 Å². The highest BCUT2D eigenvalue weighted by molar-refractivity contribution is 7.47. The van der Waals surface area contributed by atoms with E-state index in [-0.39, 0.29) is 25.5 Å². The largest absolute Gasteiger partial charge is 0.472 e. The zero-order chi connectivity index (χ0) is 50.6. The maximum atomic E-state index is 12.9. The fraction of sp³-hybridized carbons (Fsp3) is 0.717. The number of unbranched alkanes of at least 4 members (excludes halogenated alkanes) is 23. The molecule has 8 nitrogen and oxygen atoms in total. The van der Waals surface area contributed by atoms with Crippen LogP contribution in [0.3, 0.4) is 0 Å². The molecule has 0 aromatic heterocycles. The Kier molecular flexibility index (Phi) is 48.5. The predicted molar refractivity (Wildman–Crippen MR) is 299 cm³/mol. The summed E-state index contributed by atoms with van der Waals surface area (Å²) in [6.45, 7) is 4.66. The molecule has 0 heterocycles. The van der Waals surface area contributed by atoms with Crippen LogP contribution in [0.1, 0.15) is 226 Å². The molecule has 0 aromatic carbocycles. The average Bonchev–Trinajstić information content (AvgIpc) is 3.31. The number of allylic oxidation sites excluding steroid dienone is 15. The van der Waals surface area contributed by atoms with Gasteiger partial charge in [0.2, 0.25) is 5.91 Å². The highest BCUT2D eigenvalue weighted by Gasteiger charge is 2.27. The molecule has 0 saturated heterocycles. The van der Waals surface area contributed by atoms with E-state index in [1.807, 2.05) is 27.2 Å². The lowest BCUT2D eigenvalue weighted by Gasteiger charge is -2.25. The third kappa shape index (κ3) is 53.1. The molecular weight excluding hydrogens is 876 g/mol. The molecule has 3 unspecified atom stereocenters. The lowest BCUT2D eigenvalue weighted by atomic mass is 10.0. The Balaban J connectivity index is 4.37. The van der Waals surface area contributed by atoms with Crippen molar-refractivity contribution >= 4 is 13.7 Å². The molecule has 0 radical (unpaired) electrons. The highest BCUT2D eigenvalue weighted by Crippen LogP contribution is 2.43. The molecule has 9 heteroatoms. The topological polar surface area (TPSA) is 105 Å². The van der Waals surface area contributed by atoms with E-state index in [9.17, 15) is 19.4 Å². The minimum absolute atomic E-state index is 0.0455. The number of nitrogens with one attached hydrogen (secondary N) is 1. The number of aliphatic hydroxyl groups excluding tert-OH is 1. The van der Waals surface area contributed by atoms with E-state index in [2.05, 4.69) is 104 Å². The van der Waals surface area contributed by atoms with Gasteiger partial charge in [-0.2, -0.15) is 0 Å². The summed E-state index contributed by atoms with van der Waals surface area (Å²) in [6.07, 6.45) is 72.3. The average molecular weight is 985 g/mol. The van der Waals surface area contributed by atoms with E-state index in [4.69, 9.17) is 9.05 Å². The van der Waals surface area contributed by atoms with Crippen LogP contribution in [0.5, 0.6) is 0 Å². The molecule has 0 aromatic rings. The van der Waals surface area contributed by atoms with E-state index in [0.29, 0.717) is 17.4 Å². The van der Waals surface area contributed by atoms with Gasteiger partial charge in [-0.1, -0.05) is 246 Å². The monoisotopic (exact) mass is 984 g/mol. The van der Waals surface area contributed by atoms with Gasteiger partial charge >= 0.3 is 7.82 Å². The van der Waals surface area contributed by atoms with Crippen LogP contribution < -0.4 is 5.32 Å². The van der Waals surface area contributed by atoms with Gasteiger partial charge in [-0.05, 0) is 70.6 Å². The van der Waals surface area contributed by atoms with Gasteiger partial charge in [0, 0.05) is 6.42 Å². The zero-order valence-electron chi connectivity index (χ0n) is 45.3. The summed E-state index contributed by atoms with van der Waals surface area (Å²) in [5.41, 5.74) is 0. The quantitative estimate of drug-likeness (QED) is 0.0243. The number of carbonyl (C=O) groups is 1. The number of amides is 1. The van der Waals surface area contributed by atoms with Gasteiger partial charge in [-0.15, -0.1) is 0 Å². The lowest BCUT2D eigenvalue weighted by Crippen LogP contribution is -2.45. The molecule has 0 aliphatic heterocycles. The SMILES string of the molecule is CC/C=C\C/C=C\C/C=C\C/C=C\C/C=C\C/C=C\C/C=C\CCCC(=O)NC(COP(=O)(O)OCC[N+](C)(C)C)C(O)/C=C/CCCCCCCCCCCCCCCCCCCCCCCC. The Morgan fingerprint density at radius 3 is 1.26 bits per heavy atom. The number of carbonyl (C=O) groups excluding carboxylic acids is 1. The number of nitrogens with zero attached hydrogens (tertiary/aromatic N) is 1. The molecule has 0 bridgehead atoms. The second kappa shape index (κ2) is 50.4. The fourth-order valence-corrected chi connectivity index (χ4v) is 8.41. The van der Waals surface area contributed by atoms with Crippen molar-refractivity contribution in [2.45, 2.75) is 238 Å². The number of likely N-dealkylation sites (N-methyl/N-ethyl adjacent to an activating group) is 1. The van der Waals surface area contributed by atoms with Crippen LogP contribution in [0.2, 0.25) is 0 Å². The van der Waals surface area contributed by atoms with Crippen molar-refractivity contribution in [2.75, 3.05) is 40.9 Å². The summed E-state index contributed by atoms with van der Waals surface area (Å²) >= 11 is 0. The molecule has 3 atom stereocenters. The Labute approximate surface area is 426 Å². The van der Waals surface area contributed by atoms with Gasteiger partial charge in [0.25, 0.3) is 0 Å². The summed E-state index contributed by atoms with van der Waals surface area (Å²) < 4.78 is 23.7. The highest BCUT2D eigenvalue weighted by atomic mass is 31.2. The molecule has 0 spiro atoms. The molecule has 0 rings (SSSR count). The first-order valence-corrected chi connectivity index (χ1v) is 29.6. The van der Waals surface area contributed by atoms with Crippen LogP contribution in [0, 0.1) is 0 Å². The lowest BCUT2D eigenvalue weighted by molar-refractivity contribution is -0.870. The molecule has 398 valence electrons. The number of rotatable bonds is 50. The molecule has 1 amide bonds. The molecular formula is C60H108N2O6P+. The van der Waals surface area contributed by atoms with Crippen LogP contribution in [0.4, 0.5) is 0 Å². The minimum Gasteiger partial charge on any atom is -0.387 e. The molecule has 0 aliphatic carbocycles. The maximum absolute atomic E-state index is 12.9. The third-order valence-electron chi connectivity index (χ3n) is 12.1. The predicted octanol–water partition coefficient (Wildman–Crippen LogP) is 17.0. The van der Waals surface area contributed by atoms with Crippen LogP contribution in [0.25, 0.3) is 0 Å². The number of hydrogen-bond acceptors (Lipinski definition) is 5. The number of hydrogen-bond donors (Lipinski definition) is 3. The van der Waals surface area contributed by atoms with Gasteiger partial charge in [0.05, 0.1) is 39.9 Å². The zero-order valence-corrected chi connectivity index (χ0v) is 46.2. The van der Waals surface area contributed by atoms with E-state index < -0.39 is 20.0 Å².